The number of rotatable bonds is 43. The summed E-state index contributed by atoms with van der Waals surface area (Å²) in [4.78, 5) is 13.0. The Kier molecular flexibility index (Phi) is 42.0. The zero-order chi connectivity index (χ0) is 47.3. The highest BCUT2D eigenvalue weighted by Gasteiger charge is 2.44. The molecule has 1 saturated heterocycles. The van der Waals surface area contributed by atoms with Crippen LogP contribution in [0.15, 0.2) is 85.1 Å². The van der Waals surface area contributed by atoms with Crippen LogP contribution in [0.2, 0.25) is 0 Å². The van der Waals surface area contributed by atoms with E-state index >= 15 is 0 Å². The largest absolute Gasteiger partial charge is 0.394 e. The standard InChI is InChI=1S/C56H97NO8/c1-3-5-7-9-11-13-15-17-18-19-20-21-22-23-24-25-26-27-28-29-30-31-32-34-36-38-40-42-44-46-52(60)57-49(48-64-56-55(63)54(62)53(61)51(47-58)65-56)50(59)45-43-41-39-37-35-33-16-14-12-10-8-6-4-2/h5,7,11,13,17-18,20-21,23-24,26-27,29-30,49-51,53-56,58-59,61-63H,3-4,6,8-10,12,14-16,19,22,25,28,31-48H2,1-2H3,(H,57,60)/b7-5-,13-11-,18-17-,21-20-,24-23-,27-26-,30-29-. The van der Waals surface area contributed by atoms with E-state index in [4.69, 9.17) is 9.47 Å². The van der Waals surface area contributed by atoms with Crippen LogP contribution in [0.1, 0.15) is 206 Å². The van der Waals surface area contributed by atoms with Crippen molar-refractivity contribution in [3.05, 3.63) is 85.1 Å². The molecular formula is C56H97NO8. The summed E-state index contributed by atoms with van der Waals surface area (Å²) in [5.41, 5.74) is 0. The number of hydrogen-bond acceptors (Lipinski definition) is 8. The summed E-state index contributed by atoms with van der Waals surface area (Å²) >= 11 is 0. The molecule has 0 saturated carbocycles. The Morgan fingerprint density at radius 3 is 1.42 bits per heavy atom. The van der Waals surface area contributed by atoms with Gasteiger partial charge in [0.15, 0.2) is 6.29 Å². The monoisotopic (exact) mass is 912 g/mol. The molecule has 0 bridgehead atoms. The minimum absolute atomic E-state index is 0.147. The average molecular weight is 912 g/mol. The number of carbonyl (C=O) groups excluding carboxylic acids is 1. The molecule has 1 aliphatic heterocycles. The summed E-state index contributed by atoms with van der Waals surface area (Å²) in [5, 5.41) is 54.5. The number of hydrogen-bond donors (Lipinski definition) is 6. The second kappa shape index (κ2) is 45.2. The number of amides is 1. The summed E-state index contributed by atoms with van der Waals surface area (Å²) in [5.74, 6) is -0.160. The maximum absolute atomic E-state index is 13.0. The Bertz CT molecular complexity index is 1290. The van der Waals surface area contributed by atoms with Crippen molar-refractivity contribution in [3.8, 4) is 0 Å². The van der Waals surface area contributed by atoms with Crippen molar-refractivity contribution in [2.75, 3.05) is 13.2 Å². The number of ether oxygens (including phenoxy) is 2. The lowest BCUT2D eigenvalue weighted by atomic mass is 9.99. The van der Waals surface area contributed by atoms with Crippen LogP contribution >= 0.6 is 0 Å². The van der Waals surface area contributed by atoms with Gasteiger partial charge in [0.25, 0.3) is 0 Å². The van der Waals surface area contributed by atoms with E-state index in [2.05, 4.69) is 104 Å². The molecule has 0 aromatic heterocycles. The first-order chi connectivity index (χ1) is 31.8. The molecule has 1 rings (SSSR count). The third-order valence-electron chi connectivity index (χ3n) is 12.0. The minimum atomic E-state index is -1.56. The summed E-state index contributed by atoms with van der Waals surface area (Å²) in [6, 6.07) is -0.730. The first kappa shape index (κ1) is 60.4. The first-order valence-corrected chi connectivity index (χ1v) is 26.3. The molecule has 1 fully saturated rings. The van der Waals surface area contributed by atoms with Gasteiger partial charge in [0.05, 0.1) is 25.4 Å². The van der Waals surface area contributed by atoms with Crippen molar-refractivity contribution in [1.82, 2.24) is 5.32 Å². The fraction of sp³-hybridized carbons (Fsp3) is 0.732. The molecule has 0 aromatic carbocycles. The Morgan fingerprint density at radius 1 is 0.538 bits per heavy atom. The van der Waals surface area contributed by atoms with Crippen LogP contribution in [0.3, 0.4) is 0 Å². The second-order valence-corrected chi connectivity index (χ2v) is 17.9. The Morgan fingerprint density at radius 2 is 0.954 bits per heavy atom. The Labute approximate surface area is 397 Å². The van der Waals surface area contributed by atoms with E-state index in [1.807, 2.05) is 0 Å². The van der Waals surface area contributed by atoms with Crippen LogP contribution < -0.4 is 5.32 Å². The van der Waals surface area contributed by atoms with Gasteiger partial charge in [-0.2, -0.15) is 0 Å². The lowest BCUT2D eigenvalue weighted by molar-refractivity contribution is -0.302. The van der Waals surface area contributed by atoms with E-state index in [9.17, 15) is 30.3 Å². The fourth-order valence-corrected chi connectivity index (χ4v) is 7.85. The molecule has 374 valence electrons. The van der Waals surface area contributed by atoms with Gasteiger partial charge in [0, 0.05) is 6.42 Å². The molecule has 0 aliphatic carbocycles. The van der Waals surface area contributed by atoms with Gasteiger partial charge in [-0.05, 0) is 70.6 Å². The van der Waals surface area contributed by atoms with Gasteiger partial charge < -0.3 is 40.3 Å². The predicted octanol–water partition coefficient (Wildman–Crippen LogP) is 12.3. The maximum atomic E-state index is 13.0. The quantitative estimate of drug-likeness (QED) is 0.0262. The van der Waals surface area contributed by atoms with Gasteiger partial charge in [0.2, 0.25) is 5.91 Å². The number of carbonyl (C=O) groups is 1. The summed E-state index contributed by atoms with van der Waals surface area (Å²) in [7, 11) is 0. The lowest BCUT2D eigenvalue weighted by Gasteiger charge is -2.40. The molecule has 0 radical (unpaired) electrons. The van der Waals surface area contributed by atoms with E-state index in [-0.39, 0.29) is 12.5 Å². The van der Waals surface area contributed by atoms with E-state index in [1.165, 1.54) is 83.5 Å². The Hall–Kier alpha value is -2.63. The number of aliphatic hydroxyl groups is 5. The minimum Gasteiger partial charge on any atom is -0.394 e. The van der Waals surface area contributed by atoms with Gasteiger partial charge in [-0.15, -0.1) is 0 Å². The highest BCUT2D eigenvalue weighted by Crippen LogP contribution is 2.23. The normalized spacial score (nSPS) is 20.6. The zero-order valence-corrected chi connectivity index (χ0v) is 41.2. The lowest BCUT2D eigenvalue weighted by Crippen LogP contribution is -2.60. The summed E-state index contributed by atoms with van der Waals surface area (Å²) in [6.45, 7) is 3.70. The van der Waals surface area contributed by atoms with Crippen molar-refractivity contribution in [2.24, 2.45) is 0 Å². The van der Waals surface area contributed by atoms with Crippen LogP contribution in [0, 0.1) is 0 Å². The van der Waals surface area contributed by atoms with Crippen LogP contribution in [0.25, 0.3) is 0 Å². The Balaban J connectivity index is 2.24. The van der Waals surface area contributed by atoms with Gasteiger partial charge in [-0.1, -0.05) is 214 Å². The van der Waals surface area contributed by atoms with Crippen molar-refractivity contribution in [3.63, 3.8) is 0 Å². The van der Waals surface area contributed by atoms with Crippen LogP contribution in [0.4, 0.5) is 0 Å². The molecule has 1 amide bonds. The van der Waals surface area contributed by atoms with E-state index in [0.717, 1.165) is 96.3 Å². The number of nitrogens with one attached hydrogen (secondary N) is 1. The second-order valence-electron chi connectivity index (χ2n) is 17.9. The van der Waals surface area contributed by atoms with Crippen LogP contribution in [-0.4, -0.2) is 87.5 Å². The molecule has 65 heavy (non-hydrogen) atoms. The maximum Gasteiger partial charge on any atom is 0.220 e. The molecule has 7 atom stereocenters. The third kappa shape index (κ3) is 35.2. The van der Waals surface area contributed by atoms with Crippen molar-refractivity contribution >= 4 is 5.91 Å². The van der Waals surface area contributed by atoms with Gasteiger partial charge in [0.1, 0.15) is 24.4 Å². The molecule has 1 heterocycles. The van der Waals surface area contributed by atoms with Crippen LogP contribution in [-0.2, 0) is 14.3 Å². The van der Waals surface area contributed by atoms with Gasteiger partial charge >= 0.3 is 0 Å². The molecule has 0 spiro atoms. The molecule has 7 unspecified atom stereocenters. The van der Waals surface area contributed by atoms with E-state index in [0.29, 0.717) is 12.8 Å². The zero-order valence-electron chi connectivity index (χ0n) is 41.2. The number of allylic oxidation sites excluding steroid dienone is 14. The molecule has 0 aromatic rings. The molecule has 1 aliphatic rings. The fourth-order valence-electron chi connectivity index (χ4n) is 7.85. The number of unbranched alkanes of at least 4 members (excludes halogenated alkanes) is 19. The van der Waals surface area contributed by atoms with Crippen molar-refractivity contribution < 1.29 is 39.8 Å². The predicted molar refractivity (Wildman–Crippen MR) is 271 cm³/mol. The highest BCUT2D eigenvalue weighted by atomic mass is 16.7. The van der Waals surface area contributed by atoms with Crippen molar-refractivity contribution in [2.45, 2.75) is 249 Å². The van der Waals surface area contributed by atoms with E-state index in [1.54, 1.807) is 0 Å². The molecular weight excluding hydrogens is 815 g/mol. The smallest absolute Gasteiger partial charge is 0.220 e. The SMILES string of the molecule is CC/C=C\C/C=C\C/C=C\C/C=C\C/C=C\C/C=C\C/C=C\CCCCCCCCCC(=O)NC(COC1OC(CO)C(O)C(O)C1O)C(O)CCCCCCCCCCCCCCC. The summed E-state index contributed by atoms with van der Waals surface area (Å²) in [6.07, 6.45) is 55.9. The molecule has 9 nitrogen and oxygen atoms in total. The molecule has 6 N–H and O–H groups in total. The third-order valence-corrected chi connectivity index (χ3v) is 12.0. The number of aliphatic hydroxyl groups excluding tert-OH is 5. The van der Waals surface area contributed by atoms with Gasteiger partial charge in [-0.25, -0.2) is 0 Å². The summed E-state index contributed by atoms with van der Waals surface area (Å²) < 4.78 is 11.3. The van der Waals surface area contributed by atoms with Gasteiger partial charge in [-0.3, -0.25) is 4.79 Å². The topological polar surface area (TPSA) is 149 Å². The highest BCUT2D eigenvalue weighted by molar-refractivity contribution is 5.76. The van der Waals surface area contributed by atoms with Crippen molar-refractivity contribution in [1.29, 1.82) is 0 Å². The van der Waals surface area contributed by atoms with Crippen LogP contribution in [0.5, 0.6) is 0 Å². The molecule has 9 heteroatoms. The van der Waals surface area contributed by atoms with E-state index < -0.39 is 49.5 Å². The first-order valence-electron chi connectivity index (χ1n) is 26.3. The average Bonchev–Trinajstić information content (AvgIpc) is 3.31.